The topological polar surface area (TPSA) is 129 Å². The van der Waals surface area contributed by atoms with Crippen molar-refractivity contribution in [2.45, 2.75) is 24.4 Å². The molecule has 0 spiro atoms. The number of aliphatic hydroxyl groups is 1. The van der Waals surface area contributed by atoms with E-state index in [4.69, 9.17) is 0 Å². The summed E-state index contributed by atoms with van der Waals surface area (Å²) < 4.78 is 28.5. The van der Waals surface area contributed by atoms with Gasteiger partial charge in [0.25, 0.3) is 0 Å². The lowest BCUT2D eigenvalue weighted by atomic mass is 10.3. The van der Waals surface area contributed by atoms with Crippen molar-refractivity contribution in [1.82, 2.24) is 19.7 Å². The molecule has 0 aliphatic rings. The summed E-state index contributed by atoms with van der Waals surface area (Å²) in [5, 5.41) is 15.3. The van der Waals surface area contributed by atoms with E-state index in [0.717, 1.165) is 5.56 Å². The molecule has 158 valence electrons. The van der Waals surface area contributed by atoms with Crippen LogP contribution in [0.1, 0.15) is 12.5 Å². The molecule has 3 rings (SSSR count). The minimum Gasteiger partial charge on any atom is -0.394 e. The van der Waals surface area contributed by atoms with E-state index in [1.54, 1.807) is 42.9 Å². The Kier molecular flexibility index (Phi) is 7.32. The molecule has 0 aliphatic carbocycles. The third-order valence-corrected chi connectivity index (χ3v) is 5.97. The maximum absolute atomic E-state index is 12.6. The summed E-state index contributed by atoms with van der Waals surface area (Å²) in [7, 11) is -3.71. The van der Waals surface area contributed by atoms with Crippen molar-refractivity contribution >= 4 is 43.4 Å². The molecule has 0 bridgehead atoms. The van der Waals surface area contributed by atoms with Crippen LogP contribution in [0, 0.1) is 0 Å². The summed E-state index contributed by atoms with van der Waals surface area (Å²) in [6.45, 7) is 1.90. The predicted molar refractivity (Wildman–Crippen MR) is 118 cm³/mol. The first-order valence-corrected chi connectivity index (χ1v) is 11.3. The molecule has 9 nitrogen and oxygen atoms in total. The Morgan fingerprint density at radius 3 is 2.77 bits per heavy atom. The monoisotopic (exact) mass is 492 g/mol. The number of sulfonamides is 1. The van der Waals surface area contributed by atoms with Gasteiger partial charge >= 0.3 is 0 Å². The number of anilines is 3. The van der Waals surface area contributed by atoms with E-state index in [0.29, 0.717) is 16.0 Å². The van der Waals surface area contributed by atoms with Crippen molar-refractivity contribution in [3.63, 3.8) is 0 Å². The van der Waals surface area contributed by atoms with Crippen LogP contribution in [-0.2, 0) is 16.6 Å². The summed E-state index contributed by atoms with van der Waals surface area (Å²) in [6.07, 6.45) is 4.80. The molecular weight excluding hydrogens is 472 g/mol. The second-order valence-corrected chi connectivity index (χ2v) is 9.08. The second kappa shape index (κ2) is 9.94. The number of aromatic nitrogens is 3. The van der Waals surface area contributed by atoms with E-state index in [9.17, 15) is 13.5 Å². The summed E-state index contributed by atoms with van der Waals surface area (Å²) in [4.78, 5) is 12.6. The van der Waals surface area contributed by atoms with Crippen LogP contribution >= 0.6 is 15.9 Å². The zero-order valence-electron chi connectivity index (χ0n) is 16.1. The van der Waals surface area contributed by atoms with Crippen LogP contribution in [-0.4, -0.2) is 41.1 Å². The number of hydrogen-bond acceptors (Lipinski definition) is 8. The fourth-order valence-corrected chi connectivity index (χ4v) is 3.81. The number of nitrogens with zero attached hydrogens (tertiary/aromatic N) is 3. The normalized spacial score (nSPS) is 12.4. The number of rotatable bonds is 9. The zero-order chi connectivity index (χ0) is 21.6. The molecule has 0 saturated heterocycles. The van der Waals surface area contributed by atoms with Crippen molar-refractivity contribution in [1.29, 1.82) is 0 Å². The smallest absolute Gasteiger partial charge is 0.240 e. The van der Waals surface area contributed by atoms with Crippen LogP contribution in [0.2, 0.25) is 0 Å². The Balaban J connectivity index is 1.74. The van der Waals surface area contributed by atoms with Gasteiger partial charge in [-0.2, -0.15) is 4.98 Å². The molecule has 30 heavy (non-hydrogen) atoms. The minimum absolute atomic E-state index is 0.0504. The summed E-state index contributed by atoms with van der Waals surface area (Å²) in [6, 6.07) is 9.71. The van der Waals surface area contributed by atoms with Gasteiger partial charge < -0.3 is 15.7 Å². The maximum Gasteiger partial charge on any atom is 0.240 e. The van der Waals surface area contributed by atoms with Crippen molar-refractivity contribution in [2.24, 2.45) is 0 Å². The van der Waals surface area contributed by atoms with Gasteiger partial charge in [0.15, 0.2) is 0 Å². The Hall–Kier alpha value is -2.60. The first-order valence-electron chi connectivity index (χ1n) is 9.03. The van der Waals surface area contributed by atoms with Gasteiger partial charge in [0.2, 0.25) is 16.0 Å². The van der Waals surface area contributed by atoms with Gasteiger partial charge in [-0.15, -0.1) is 0 Å². The molecule has 0 unspecified atom stereocenters. The van der Waals surface area contributed by atoms with E-state index in [-0.39, 0.29) is 30.0 Å². The highest BCUT2D eigenvalue weighted by Crippen LogP contribution is 2.23. The van der Waals surface area contributed by atoms with E-state index in [1.807, 2.05) is 6.92 Å². The second-order valence-electron chi connectivity index (χ2n) is 6.46. The highest BCUT2D eigenvalue weighted by Gasteiger charge is 2.15. The van der Waals surface area contributed by atoms with Gasteiger partial charge in [-0.25, -0.2) is 18.1 Å². The third-order valence-electron chi connectivity index (χ3n) is 3.99. The quantitative estimate of drug-likeness (QED) is 0.358. The molecule has 2 heterocycles. The molecule has 0 radical (unpaired) electrons. The number of pyridine rings is 1. The van der Waals surface area contributed by atoms with Crippen molar-refractivity contribution in [2.75, 3.05) is 17.2 Å². The molecule has 0 saturated carbocycles. The Labute approximate surface area is 183 Å². The Morgan fingerprint density at radius 2 is 2.03 bits per heavy atom. The first-order chi connectivity index (χ1) is 14.4. The Morgan fingerprint density at radius 1 is 1.20 bits per heavy atom. The van der Waals surface area contributed by atoms with Crippen LogP contribution in [0.15, 0.2) is 64.4 Å². The molecular formula is C19H21BrN6O3S. The molecule has 0 amide bonds. The molecule has 0 fully saturated rings. The van der Waals surface area contributed by atoms with Crippen molar-refractivity contribution in [3.8, 4) is 0 Å². The van der Waals surface area contributed by atoms with Crippen molar-refractivity contribution < 1.29 is 13.5 Å². The molecule has 0 aliphatic heterocycles. The number of aliphatic hydroxyl groups excluding tert-OH is 1. The number of halogens is 1. The van der Waals surface area contributed by atoms with Crippen molar-refractivity contribution in [3.05, 3.63) is 65.0 Å². The van der Waals surface area contributed by atoms with Gasteiger partial charge in [0, 0.05) is 36.9 Å². The molecule has 1 aromatic carbocycles. The Bertz CT molecular complexity index is 1100. The van der Waals surface area contributed by atoms with Crippen LogP contribution in [0.4, 0.5) is 17.5 Å². The van der Waals surface area contributed by atoms with E-state index < -0.39 is 10.0 Å². The SMILES string of the molecule is C[C@H](CO)Nc1nc(Nc2cccc(S(=O)(=O)NCc3cccnc3)c2)ncc1Br. The third kappa shape index (κ3) is 5.95. The average molecular weight is 493 g/mol. The lowest BCUT2D eigenvalue weighted by Crippen LogP contribution is -2.23. The van der Waals surface area contributed by atoms with E-state index in [1.165, 1.54) is 12.1 Å². The molecule has 4 N–H and O–H groups in total. The van der Waals surface area contributed by atoms with Gasteiger partial charge in [-0.05, 0) is 52.7 Å². The average Bonchev–Trinajstić information content (AvgIpc) is 2.75. The van der Waals surface area contributed by atoms with E-state index in [2.05, 4.69) is 46.2 Å². The van der Waals surface area contributed by atoms with Crippen LogP contribution in [0.3, 0.4) is 0 Å². The first kappa shape index (κ1) is 22.1. The lowest BCUT2D eigenvalue weighted by molar-refractivity contribution is 0.281. The summed E-state index contributed by atoms with van der Waals surface area (Å²) in [5.41, 5.74) is 1.28. The van der Waals surface area contributed by atoms with Crippen LogP contribution in [0.25, 0.3) is 0 Å². The molecule has 2 aromatic heterocycles. The maximum atomic E-state index is 12.6. The molecule has 3 aromatic rings. The van der Waals surface area contributed by atoms with Crippen LogP contribution < -0.4 is 15.4 Å². The van der Waals surface area contributed by atoms with E-state index >= 15 is 0 Å². The zero-order valence-corrected chi connectivity index (χ0v) is 18.5. The van der Waals surface area contributed by atoms with Gasteiger partial charge in [0.05, 0.1) is 16.0 Å². The number of hydrogen-bond donors (Lipinski definition) is 4. The van der Waals surface area contributed by atoms with Gasteiger partial charge in [-0.1, -0.05) is 12.1 Å². The molecule has 1 atom stereocenters. The largest absolute Gasteiger partial charge is 0.394 e. The fraction of sp³-hybridized carbons (Fsp3) is 0.211. The van der Waals surface area contributed by atoms with Gasteiger partial charge in [-0.3, -0.25) is 4.98 Å². The predicted octanol–water partition coefficient (Wildman–Crippen LogP) is 2.65. The minimum atomic E-state index is -3.71. The number of benzene rings is 1. The summed E-state index contributed by atoms with van der Waals surface area (Å²) in [5.74, 6) is 0.791. The number of nitrogens with one attached hydrogen (secondary N) is 3. The highest BCUT2D eigenvalue weighted by molar-refractivity contribution is 9.10. The fourth-order valence-electron chi connectivity index (χ4n) is 2.44. The highest BCUT2D eigenvalue weighted by atomic mass is 79.9. The van der Waals surface area contributed by atoms with Gasteiger partial charge in [0.1, 0.15) is 5.82 Å². The van der Waals surface area contributed by atoms with Crippen LogP contribution in [0.5, 0.6) is 0 Å². The summed E-state index contributed by atoms with van der Waals surface area (Å²) >= 11 is 3.36. The molecule has 11 heteroatoms. The lowest BCUT2D eigenvalue weighted by Gasteiger charge is -2.14. The standard InChI is InChI=1S/C19H21BrN6O3S/c1-13(12-27)24-18-17(20)11-22-19(26-18)25-15-5-2-6-16(8-15)30(28,29)23-10-14-4-3-7-21-9-14/h2-9,11,13,23,27H,10,12H2,1H3,(H2,22,24,25,26)/t13-/m1/s1.